The second kappa shape index (κ2) is 11.5. The van der Waals surface area contributed by atoms with Gasteiger partial charge in [-0.1, -0.05) is 38.7 Å². The van der Waals surface area contributed by atoms with E-state index in [1.54, 1.807) is 6.20 Å². The Hall–Kier alpha value is -2.41. The molecule has 0 radical (unpaired) electrons. The number of carbonyl (C=O) groups is 2. The van der Waals surface area contributed by atoms with Crippen LogP contribution >= 0.6 is 11.3 Å². The molecule has 2 N–H and O–H groups in total. The number of esters is 1. The Morgan fingerprint density at radius 3 is 2.75 bits per heavy atom. The summed E-state index contributed by atoms with van der Waals surface area (Å²) in [4.78, 5) is 31.4. The van der Waals surface area contributed by atoms with Gasteiger partial charge in [0.1, 0.15) is 11.9 Å². The van der Waals surface area contributed by atoms with Crippen molar-refractivity contribution in [1.82, 2.24) is 4.98 Å². The Kier molecular flexibility index (Phi) is 7.95. The van der Waals surface area contributed by atoms with E-state index in [1.807, 2.05) is 19.1 Å². The van der Waals surface area contributed by atoms with Crippen molar-refractivity contribution in [3.05, 3.63) is 40.4 Å². The maximum atomic E-state index is 13.1. The van der Waals surface area contributed by atoms with Gasteiger partial charge in [0.25, 0.3) is 0 Å². The summed E-state index contributed by atoms with van der Waals surface area (Å²) in [6.07, 6.45) is 14.6. The largest absolute Gasteiger partial charge is 0.508 e. The molecule has 2 aromatic rings. The quantitative estimate of drug-likeness (QED) is 0.323. The highest BCUT2D eigenvalue weighted by atomic mass is 32.1. The zero-order chi connectivity index (χ0) is 27.9. The van der Waals surface area contributed by atoms with E-state index in [0.29, 0.717) is 53.3 Å². The van der Waals surface area contributed by atoms with Gasteiger partial charge in [-0.2, -0.15) is 0 Å². The smallest absolute Gasteiger partial charge is 0.306 e. The van der Waals surface area contributed by atoms with Gasteiger partial charge in [-0.15, -0.1) is 11.3 Å². The number of anilines is 1. The predicted molar refractivity (Wildman–Crippen MR) is 157 cm³/mol. The van der Waals surface area contributed by atoms with Crippen LogP contribution in [0.2, 0.25) is 0 Å². The van der Waals surface area contributed by atoms with E-state index in [-0.39, 0.29) is 23.4 Å². The number of aryl methyl sites for hydroxylation is 2. The zero-order valence-corrected chi connectivity index (χ0v) is 24.8. The van der Waals surface area contributed by atoms with Crippen LogP contribution in [-0.4, -0.2) is 28.1 Å². The fourth-order valence-electron chi connectivity index (χ4n) is 9.03. The molecule has 0 spiro atoms. The van der Waals surface area contributed by atoms with E-state index < -0.39 is 0 Å². The molecule has 0 aliphatic heterocycles. The first-order valence-electron chi connectivity index (χ1n) is 15.5. The van der Waals surface area contributed by atoms with Gasteiger partial charge in [0.05, 0.1) is 0 Å². The Labute approximate surface area is 242 Å². The summed E-state index contributed by atoms with van der Waals surface area (Å²) in [5.74, 6) is 2.75. The number of nitrogens with zero attached hydrogens (tertiary/aromatic N) is 1. The second-order valence-electron chi connectivity index (χ2n) is 13.3. The van der Waals surface area contributed by atoms with Crippen molar-refractivity contribution in [1.29, 1.82) is 0 Å². The second-order valence-corrected chi connectivity index (χ2v) is 14.5. The third-order valence-corrected chi connectivity index (χ3v) is 11.7. The normalized spacial score (nSPS) is 31.3. The summed E-state index contributed by atoms with van der Waals surface area (Å²) >= 11 is 1.50. The molecule has 4 aliphatic carbocycles. The van der Waals surface area contributed by atoms with E-state index in [1.165, 1.54) is 48.1 Å². The first kappa shape index (κ1) is 27.7. The molecule has 1 aromatic carbocycles. The van der Waals surface area contributed by atoms with Crippen LogP contribution in [0.15, 0.2) is 24.4 Å². The average molecular weight is 565 g/mol. The maximum absolute atomic E-state index is 13.1. The van der Waals surface area contributed by atoms with Crippen LogP contribution in [0.5, 0.6) is 5.75 Å². The number of amides is 1. The number of benzene rings is 1. The number of aromatic nitrogens is 1. The standard InChI is InChI=1S/C33H44N2O4S/c1-20-19-34-32(40-20)35-29(37)13-9-23-18-28(39-30(38)14-7-21-5-3-4-6-21)33(2)16-15-26-25-12-10-24(36)17-22(25)8-11-27(26)31(23)33/h10,12,17,19,21,23,26-28,31,36H,3-9,11,13-16,18H2,1-2H3,(H,34,35,37)/t23-,26?,27?,28+,31?,33-/m1/s1. The number of nitrogens with one attached hydrogen (secondary N) is 1. The number of ether oxygens (including phenoxy) is 1. The Bertz CT molecular complexity index is 1240. The molecule has 6 nitrogen and oxygen atoms in total. The highest BCUT2D eigenvalue weighted by Gasteiger charge is 2.60. The minimum atomic E-state index is -0.0783. The minimum Gasteiger partial charge on any atom is -0.508 e. The Morgan fingerprint density at radius 2 is 1.98 bits per heavy atom. The van der Waals surface area contributed by atoms with E-state index in [4.69, 9.17) is 4.74 Å². The van der Waals surface area contributed by atoms with Crippen LogP contribution in [0, 0.1) is 36.0 Å². The van der Waals surface area contributed by atoms with Crippen molar-refractivity contribution < 1.29 is 19.4 Å². The summed E-state index contributed by atoms with van der Waals surface area (Å²) in [5.41, 5.74) is 2.61. The van der Waals surface area contributed by atoms with Crippen LogP contribution in [0.1, 0.15) is 106 Å². The van der Waals surface area contributed by atoms with Gasteiger partial charge in [0.15, 0.2) is 5.13 Å². The van der Waals surface area contributed by atoms with Crippen LogP contribution in [0.3, 0.4) is 0 Å². The van der Waals surface area contributed by atoms with Crippen molar-refractivity contribution >= 4 is 28.3 Å². The molecule has 40 heavy (non-hydrogen) atoms. The summed E-state index contributed by atoms with van der Waals surface area (Å²) in [6, 6.07) is 5.92. The third-order valence-electron chi connectivity index (χ3n) is 10.9. The molecule has 0 bridgehead atoms. The van der Waals surface area contributed by atoms with E-state index in [2.05, 4.69) is 23.3 Å². The monoisotopic (exact) mass is 564 g/mol. The SMILES string of the molecule is Cc1cnc(NC(=O)CC[C@@H]2C[C@H](OC(=O)CCC3CCCC3)[C@@]3(C)CCC4c5ccc(O)cc5CCC4C23)s1. The fourth-order valence-corrected chi connectivity index (χ4v) is 9.71. The average Bonchev–Trinajstić information content (AvgIpc) is 3.66. The number of carbonyl (C=O) groups excluding carboxylic acids is 2. The molecule has 1 aromatic heterocycles. The molecule has 1 heterocycles. The molecule has 6 rings (SSSR count). The van der Waals surface area contributed by atoms with Crippen LogP contribution in [-0.2, 0) is 20.7 Å². The topological polar surface area (TPSA) is 88.5 Å². The number of hydrogen-bond acceptors (Lipinski definition) is 6. The minimum absolute atomic E-state index is 0.0184. The van der Waals surface area contributed by atoms with Gasteiger partial charge in [0.2, 0.25) is 5.91 Å². The number of fused-ring (bicyclic) bond motifs is 5. The number of aromatic hydroxyl groups is 1. The zero-order valence-electron chi connectivity index (χ0n) is 24.0. The number of hydrogen-bond donors (Lipinski definition) is 2. The molecule has 6 atom stereocenters. The third kappa shape index (κ3) is 5.55. The predicted octanol–water partition coefficient (Wildman–Crippen LogP) is 7.54. The van der Waals surface area contributed by atoms with Crippen LogP contribution in [0.4, 0.5) is 5.13 Å². The Morgan fingerprint density at radius 1 is 1.15 bits per heavy atom. The first-order chi connectivity index (χ1) is 19.3. The lowest BCUT2D eigenvalue weighted by molar-refractivity contribution is -0.158. The number of phenolic OH excluding ortho intramolecular Hbond substituents is 1. The molecule has 4 aliphatic rings. The lowest BCUT2D eigenvalue weighted by Gasteiger charge is -2.51. The Balaban J connectivity index is 1.19. The van der Waals surface area contributed by atoms with Gasteiger partial charge in [-0.25, -0.2) is 4.98 Å². The van der Waals surface area contributed by atoms with E-state index in [0.717, 1.165) is 49.8 Å². The molecule has 3 unspecified atom stereocenters. The van der Waals surface area contributed by atoms with E-state index in [9.17, 15) is 14.7 Å². The van der Waals surface area contributed by atoms with Crippen molar-refractivity contribution in [3.63, 3.8) is 0 Å². The lowest BCUT2D eigenvalue weighted by Crippen LogP contribution is -2.46. The lowest BCUT2D eigenvalue weighted by atomic mass is 9.53. The summed E-state index contributed by atoms with van der Waals surface area (Å²) < 4.78 is 6.36. The van der Waals surface area contributed by atoms with Crippen molar-refractivity contribution in [2.75, 3.05) is 5.32 Å². The van der Waals surface area contributed by atoms with Crippen molar-refractivity contribution in [2.24, 2.45) is 29.1 Å². The number of rotatable bonds is 8. The molecule has 216 valence electrons. The maximum Gasteiger partial charge on any atom is 0.306 e. The summed E-state index contributed by atoms with van der Waals surface area (Å²) in [5, 5.41) is 13.7. The van der Waals surface area contributed by atoms with Crippen molar-refractivity contribution in [2.45, 2.75) is 109 Å². The van der Waals surface area contributed by atoms with Crippen LogP contribution in [0.25, 0.3) is 0 Å². The molecule has 0 saturated heterocycles. The van der Waals surface area contributed by atoms with Crippen molar-refractivity contribution in [3.8, 4) is 5.75 Å². The molecular weight excluding hydrogens is 520 g/mol. The van der Waals surface area contributed by atoms with Gasteiger partial charge in [0, 0.05) is 29.3 Å². The molecule has 3 fully saturated rings. The summed E-state index contributed by atoms with van der Waals surface area (Å²) in [6.45, 7) is 4.36. The molecule has 7 heteroatoms. The van der Waals surface area contributed by atoms with Gasteiger partial charge >= 0.3 is 5.97 Å². The number of phenols is 1. The van der Waals surface area contributed by atoms with Crippen LogP contribution < -0.4 is 5.32 Å². The highest BCUT2D eigenvalue weighted by Crippen LogP contribution is 2.64. The molecule has 1 amide bonds. The fraction of sp³-hybridized carbons (Fsp3) is 0.667. The number of thiazole rings is 1. The molecule has 3 saturated carbocycles. The van der Waals surface area contributed by atoms with Gasteiger partial charge in [-0.3, -0.25) is 9.59 Å². The first-order valence-corrected chi connectivity index (χ1v) is 16.4. The molecular formula is C33H44N2O4S. The highest BCUT2D eigenvalue weighted by molar-refractivity contribution is 7.15. The van der Waals surface area contributed by atoms with Gasteiger partial charge in [-0.05, 0) is 105 Å². The summed E-state index contributed by atoms with van der Waals surface area (Å²) in [7, 11) is 0. The van der Waals surface area contributed by atoms with Gasteiger partial charge < -0.3 is 15.2 Å². The van der Waals surface area contributed by atoms with E-state index >= 15 is 0 Å².